The number of para-hydroxylation sites is 1. The van der Waals surface area contributed by atoms with Crippen molar-refractivity contribution < 1.29 is 4.79 Å². The topological polar surface area (TPSA) is 51.3 Å². The standard InChI is InChI=1S/C15H17N3O/c1-10-11(2)18(17-8-3-4-9-17)14-12(10)6-5-7-13(14)15(16)19/h3,5-8H,4,9H2,1-2H3,(H2,16,19). The number of hydrogen-bond acceptors (Lipinski definition) is 2. The van der Waals surface area contributed by atoms with E-state index in [2.05, 4.69) is 35.8 Å². The van der Waals surface area contributed by atoms with Crippen LogP contribution >= 0.6 is 0 Å². The van der Waals surface area contributed by atoms with Gasteiger partial charge in [-0.05, 0) is 31.9 Å². The monoisotopic (exact) mass is 255 g/mol. The average Bonchev–Trinajstić information content (AvgIpc) is 2.98. The number of nitrogens with two attached hydrogens (primary N) is 1. The molecule has 1 aromatic carbocycles. The molecule has 1 aromatic heterocycles. The maximum atomic E-state index is 11.7. The second-order valence-electron chi connectivity index (χ2n) is 4.92. The van der Waals surface area contributed by atoms with Crippen LogP contribution in [-0.4, -0.2) is 17.1 Å². The quantitative estimate of drug-likeness (QED) is 0.894. The van der Waals surface area contributed by atoms with Gasteiger partial charge in [-0.25, -0.2) is 0 Å². The molecule has 2 heterocycles. The summed E-state index contributed by atoms with van der Waals surface area (Å²) in [4.78, 5) is 11.7. The van der Waals surface area contributed by atoms with Crippen LogP contribution in [0.4, 0.5) is 0 Å². The minimum Gasteiger partial charge on any atom is -0.366 e. The Morgan fingerprint density at radius 2 is 2.11 bits per heavy atom. The molecule has 1 aliphatic heterocycles. The second-order valence-corrected chi connectivity index (χ2v) is 4.92. The van der Waals surface area contributed by atoms with Gasteiger partial charge in [-0.1, -0.05) is 18.2 Å². The normalized spacial score (nSPS) is 14.5. The van der Waals surface area contributed by atoms with Gasteiger partial charge in [0.25, 0.3) is 5.91 Å². The Morgan fingerprint density at radius 3 is 2.74 bits per heavy atom. The van der Waals surface area contributed by atoms with Crippen LogP contribution in [0, 0.1) is 13.8 Å². The molecule has 0 saturated heterocycles. The number of aromatic nitrogens is 1. The van der Waals surface area contributed by atoms with Gasteiger partial charge in [-0.3, -0.25) is 14.5 Å². The third kappa shape index (κ3) is 1.63. The fourth-order valence-corrected chi connectivity index (χ4v) is 2.76. The van der Waals surface area contributed by atoms with Crippen molar-refractivity contribution in [2.45, 2.75) is 20.3 Å². The minimum atomic E-state index is -0.382. The zero-order valence-corrected chi connectivity index (χ0v) is 11.2. The van der Waals surface area contributed by atoms with Gasteiger partial charge in [0.15, 0.2) is 0 Å². The molecule has 4 heteroatoms. The summed E-state index contributed by atoms with van der Waals surface area (Å²) in [5, 5.41) is 3.23. The van der Waals surface area contributed by atoms with Crippen LogP contribution in [0.15, 0.2) is 30.5 Å². The molecular weight excluding hydrogens is 238 g/mol. The Kier molecular flexibility index (Phi) is 2.59. The van der Waals surface area contributed by atoms with E-state index in [0.717, 1.165) is 29.6 Å². The number of aryl methyl sites for hydroxylation is 1. The van der Waals surface area contributed by atoms with E-state index in [9.17, 15) is 4.79 Å². The maximum Gasteiger partial charge on any atom is 0.250 e. The maximum absolute atomic E-state index is 11.7. The van der Waals surface area contributed by atoms with Crippen LogP contribution in [0.2, 0.25) is 0 Å². The van der Waals surface area contributed by atoms with Crippen LogP contribution in [0.25, 0.3) is 10.9 Å². The first-order valence-electron chi connectivity index (χ1n) is 6.45. The van der Waals surface area contributed by atoms with E-state index in [0.29, 0.717) is 5.56 Å². The summed E-state index contributed by atoms with van der Waals surface area (Å²) < 4.78 is 2.11. The minimum absolute atomic E-state index is 0.382. The zero-order chi connectivity index (χ0) is 13.6. The van der Waals surface area contributed by atoms with Crippen LogP contribution < -0.4 is 10.7 Å². The summed E-state index contributed by atoms with van der Waals surface area (Å²) in [5.41, 5.74) is 9.35. The van der Waals surface area contributed by atoms with Crippen molar-refractivity contribution in [2.75, 3.05) is 11.6 Å². The van der Waals surface area contributed by atoms with Crippen LogP contribution in [0.3, 0.4) is 0 Å². The predicted molar refractivity (Wildman–Crippen MR) is 76.8 cm³/mol. The molecule has 0 unspecified atom stereocenters. The van der Waals surface area contributed by atoms with E-state index in [-0.39, 0.29) is 5.91 Å². The molecule has 0 atom stereocenters. The Balaban J connectivity index is 2.39. The second kappa shape index (κ2) is 4.16. The van der Waals surface area contributed by atoms with Gasteiger partial charge >= 0.3 is 0 Å². The van der Waals surface area contributed by atoms with Crippen molar-refractivity contribution in [2.24, 2.45) is 5.73 Å². The summed E-state index contributed by atoms with van der Waals surface area (Å²) in [6.45, 7) is 5.09. The summed E-state index contributed by atoms with van der Waals surface area (Å²) in [6, 6.07) is 5.72. The summed E-state index contributed by atoms with van der Waals surface area (Å²) >= 11 is 0. The Bertz CT molecular complexity index is 697. The molecule has 0 saturated carbocycles. The number of fused-ring (bicyclic) bond motifs is 1. The number of amides is 1. The highest BCUT2D eigenvalue weighted by atomic mass is 16.1. The average molecular weight is 255 g/mol. The molecule has 1 aliphatic rings. The highest BCUT2D eigenvalue weighted by Gasteiger charge is 2.20. The first kappa shape index (κ1) is 11.8. The number of rotatable bonds is 2. The van der Waals surface area contributed by atoms with E-state index in [4.69, 9.17) is 5.73 Å². The van der Waals surface area contributed by atoms with Gasteiger partial charge in [0, 0.05) is 23.8 Å². The summed E-state index contributed by atoms with van der Waals surface area (Å²) in [6.07, 6.45) is 5.22. The first-order valence-corrected chi connectivity index (χ1v) is 6.45. The molecule has 0 aliphatic carbocycles. The number of carbonyl (C=O) groups is 1. The lowest BCUT2D eigenvalue weighted by Crippen LogP contribution is -2.28. The number of primary amides is 1. The van der Waals surface area contributed by atoms with Crippen molar-refractivity contribution >= 4 is 16.8 Å². The van der Waals surface area contributed by atoms with Gasteiger partial charge in [-0.15, -0.1) is 0 Å². The molecule has 98 valence electrons. The van der Waals surface area contributed by atoms with Crippen molar-refractivity contribution in [1.29, 1.82) is 0 Å². The fourth-order valence-electron chi connectivity index (χ4n) is 2.76. The molecular formula is C15H17N3O. The smallest absolute Gasteiger partial charge is 0.250 e. The van der Waals surface area contributed by atoms with Crippen LogP contribution in [0.1, 0.15) is 28.0 Å². The lowest BCUT2D eigenvalue weighted by atomic mass is 10.1. The third-order valence-electron chi connectivity index (χ3n) is 3.84. The molecule has 0 radical (unpaired) electrons. The highest BCUT2D eigenvalue weighted by Crippen LogP contribution is 2.29. The van der Waals surface area contributed by atoms with E-state index in [1.807, 2.05) is 12.1 Å². The number of carbonyl (C=O) groups excluding carboxylic acids is 1. The molecule has 1 amide bonds. The molecule has 3 rings (SSSR count). The van der Waals surface area contributed by atoms with Gasteiger partial charge < -0.3 is 5.73 Å². The molecule has 0 bridgehead atoms. The Labute approximate surface area is 112 Å². The zero-order valence-electron chi connectivity index (χ0n) is 11.2. The lowest BCUT2D eigenvalue weighted by Gasteiger charge is -2.21. The Morgan fingerprint density at radius 1 is 1.32 bits per heavy atom. The molecule has 2 N–H and O–H groups in total. The fraction of sp³-hybridized carbons (Fsp3) is 0.267. The Hall–Kier alpha value is -2.23. The molecule has 4 nitrogen and oxygen atoms in total. The number of benzene rings is 1. The molecule has 0 fully saturated rings. The van der Waals surface area contributed by atoms with Gasteiger partial charge in [0.05, 0.1) is 11.1 Å². The van der Waals surface area contributed by atoms with Gasteiger partial charge in [0.1, 0.15) is 0 Å². The number of nitrogens with zero attached hydrogens (tertiary/aromatic N) is 2. The van der Waals surface area contributed by atoms with E-state index < -0.39 is 0 Å². The van der Waals surface area contributed by atoms with E-state index in [1.54, 1.807) is 6.07 Å². The van der Waals surface area contributed by atoms with Gasteiger partial charge in [-0.2, -0.15) is 0 Å². The van der Waals surface area contributed by atoms with Crippen LogP contribution in [-0.2, 0) is 0 Å². The highest BCUT2D eigenvalue weighted by molar-refractivity contribution is 6.06. The predicted octanol–water partition coefficient (Wildman–Crippen LogP) is 2.21. The first-order chi connectivity index (χ1) is 9.11. The summed E-state index contributed by atoms with van der Waals surface area (Å²) in [7, 11) is 0. The third-order valence-corrected chi connectivity index (χ3v) is 3.84. The molecule has 2 aromatic rings. The number of hydrogen-bond donors (Lipinski definition) is 1. The van der Waals surface area contributed by atoms with Crippen molar-refractivity contribution in [3.8, 4) is 0 Å². The SMILES string of the molecule is Cc1c(C)n(N2C=CCC2)c2c(C(N)=O)cccc12. The van der Waals surface area contributed by atoms with Crippen molar-refractivity contribution in [1.82, 2.24) is 4.68 Å². The van der Waals surface area contributed by atoms with Crippen molar-refractivity contribution in [3.05, 3.63) is 47.3 Å². The van der Waals surface area contributed by atoms with Crippen molar-refractivity contribution in [3.63, 3.8) is 0 Å². The molecule has 0 spiro atoms. The molecule has 19 heavy (non-hydrogen) atoms. The van der Waals surface area contributed by atoms with E-state index >= 15 is 0 Å². The van der Waals surface area contributed by atoms with E-state index in [1.165, 1.54) is 5.56 Å². The van der Waals surface area contributed by atoms with Gasteiger partial charge in [0.2, 0.25) is 0 Å². The van der Waals surface area contributed by atoms with Crippen LogP contribution in [0.5, 0.6) is 0 Å². The lowest BCUT2D eigenvalue weighted by molar-refractivity contribution is 0.100. The summed E-state index contributed by atoms with van der Waals surface area (Å²) in [5.74, 6) is -0.382. The largest absolute Gasteiger partial charge is 0.366 e.